The molecule has 0 radical (unpaired) electrons. The summed E-state index contributed by atoms with van der Waals surface area (Å²) in [4.78, 5) is 4.51. The third-order valence-electron chi connectivity index (χ3n) is 7.53. The average Bonchev–Trinajstić information content (AvgIpc) is 2.95. The molecule has 0 bridgehead atoms. The van der Waals surface area contributed by atoms with Gasteiger partial charge in [0.2, 0.25) is 11.0 Å². The van der Waals surface area contributed by atoms with Crippen LogP contribution in [-0.2, 0) is 17.2 Å². The number of aryl methyl sites for hydroxylation is 2. The normalized spacial score (nSPS) is 14.2. The van der Waals surface area contributed by atoms with Gasteiger partial charge in [0.05, 0.1) is 15.7 Å². The van der Waals surface area contributed by atoms with Crippen molar-refractivity contribution in [1.29, 1.82) is 0 Å². The molecule has 1 N–H and O–H groups in total. The number of piperazine rings is 1. The molecular formula is C32H33N3O4S. The Balaban J connectivity index is 0.000000227. The maximum absolute atomic E-state index is 10.5. The molecule has 6 rings (SSSR count). The van der Waals surface area contributed by atoms with E-state index in [1.807, 2.05) is 0 Å². The van der Waals surface area contributed by atoms with E-state index >= 15 is 0 Å². The maximum Gasteiger partial charge on any atom is 0.213 e. The zero-order valence-corrected chi connectivity index (χ0v) is 23.7. The van der Waals surface area contributed by atoms with Crippen molar-refractivity contribution in [3.05, 3.63) is 96.6 Å². The molecule has 1 aromatic heterocycles. The van der Waals surface area contributed by atoms with Crippen LogP contribution in [0.25, 0.3) is 32.9 Å². The molecule has 0 spiro atoms. The van der Waals surface area contributed by atoms with Crippen LogP contribution in [0.3, 0.4) is 0 Å². The van der Waals surface area contributed by atoms with Crippen molar-refractivity contribution in [1.82, 2.24) is 4.90 Å². The minimum absolute atomic E-state index is 0.227. The number of hydrogen-bond acceptors (Lipinski definition) is 6. The topological polar surface area (TPSA) is 87.8 Å². The van der Waals surface area contributed by atoms with Crippen molar-refractivity contribution in [2.75, 3.05) is 38.1 Å². The average molecular weight is 556 g/mol. The molecule has 0 saturated carbocycles. The molecule has 0 amide bonds. The van der Waals surface area contributed by atoms with Gasteiger partial charge in [0.25, 0.3) is 0 Å². The predicted molar refractivity (Wildman–Crippen MR) is 159 cm³/mol. The Bertz CT molecular complexity index is 1720. The fraction of sp³-hybridized carbons (Fsp3) is 0.219. The molecule has 206 valence electrons. The zero-order chi connectivity index (χ0) is 28.4. The van der Waals surface area contributed by atoms with E-state index in [0.717, 1.165) is 32.2 Å². The van der Waals surface area contributed by atoms with Crippen LogP contribution in [0.2, 0.25) is 0 Å². The number of phenols is 1. The monoisotopic (exact) mass is 555 g/mol. The van der Waals surface area contributed by atoms with Gasteiger partial charge in [-0.05, 0) is 61.5 Å². The highest BCUT2D eigenvalue weighted by Crippen LogP contribution is 2.34. The summed E-state index contributed by atoms with van der Waals surface area (Å²) < 4.78 is 33.9. The van der Waals surface area contributed by atoms with Gasteiger partial charge >= 0.3 is 0 Å². The zero-order valence-electron chi connectivity index (χ0n) is 22.9. The van der Waals surface area contributed by atoms with E-state index < -0.39 is 10.1 Å². The molecule has 1 saturated heterocycles. The molecule has 0 atom stereocenters. The van der Waals surface area contributed by atoms with Crippen LogP contribution in [0.4, 0.5) is 5.69 Å². The first kappa shape index (κ1) is 27.6. The van der Waals surface area contributed by atoms with Crippen molar-refractivity contribution < 1.29 is 22.6 Å². The molecule has 5 aromatic rings. The van der Waals surface area contributed by atoms with Gasteiger partial charge in [0.1, 0.15) is 22.9 Å². The minimum Gasteiger partial charge on any atom is -0.744 e. The summed E-state index contributed by atoms with van der Waals surface area (Å²) in [7, 11) is -0.108. The number of hydrogen-bond donors (Lipinski definition) is 1. The number of pyridine rings is 1. The minimum atomic E-state index is -4.47. The van der Waals surface area contributed by atoms with Crippen LogP contribution in [0, 0.1) is 6.92 Å². The number of aromatic nitrogens is 1. The highest BCUT2D eigenvalue weighted by molar-refractivity contribution is 7.85. The Morgan fingerprint density at radius 3 is 1.88 bits per heavy atom. The lowest BCUT2D eigenvalue weighted by molar-refractivity contribution is -0.617. The first-order chi connectivity index (χ1) is 19.1. The molecule has 2 heterocycles. The standard InChI is InChI=1S/C25H26N3.C7H8O4S/c1-26-15-17-28(18-16-26)20-13-11-19(12-14-20)25-21-7-3-5-9-23(21)27(2)24-10-6-4-8-22(24)25;1-5-2-3-6(8)4-7(5)12(9,10)11/h3-14H,15-18H2,1-2H3;2-4,8H,1H3,(H,9,10,11)/q+1;/p-1. The van der Waals surface area contributed by atoms with E-state index in [-0.39, 0.29) is 10.6 Å². The van der Waals surface area contributed by atoms with Crippen molar-refractivity contribution in [3.63, 3.8) is 0 Å². The number of fused-ring (bicyclic) bond motifs is 2. The number of likely N-dealkylation sites (N-methyl/N-ethyl adjacent to an activating group) is 1. The molecule has 0 aliphatic carbocycles. The van der Waals surface area contributed by atoms with E-state index in [4.69, 9.17) is 5.11 Å². The van der Waals surface area contributed by atoms with Crippen LogP contribution < -0.4 is 9.47 Å². The van der Waals surface area contributed by atoms with Gasteiger partial charge < -0.3 is 19.5 Å². The van der Waals surface area contributed by atoms with Gasteiger partial charge in [-0.1, -0.05) is 42.5 Å². The molecular weight excluding hydrogens is 522 g/mol. The van der Waals surface area contributed by atoms with Crippen LogP contribution in [0.1, 0.15) is 5.56 Å². The third-order valence-corrected chi connectivity index (χ3v) is 8.51. The lowest BCUT2D eigenvalue weighted by Gasteiger charge is -2.34. The smallest absolute Gasteiger partial charge is 0.213 e. The van der Waals surface area contributed by atoms with E-state index in [1.165, 1.54) is 57.7 Å². The van der Waals surface area contributed by atoms with Gasteiger partial charge in [-0.25, -0.2) is 8.42 Å². The number of nitrogens with zero attached hydrogens (tertiary/aromatic N) is 3. The van der Waals surface area contributed by atoms with Crippen LogP contribution in [-0.4, -0.2) is 56.2 Å². The van der Waals surface area contributed by atoms with Crippen LogP contribution in [0.15, 0.2) is 95.9 Å². The second-order valence-corrected chi connectivity index (χ2v) is 11.6. The van der Waals surface area contributed by atoms with E-state index in [0.29, 0.717) is 5.56 Å². The highest BCUT2D eigenvalue weighted by Gasteiger charge is 2.19. The Labute approximate surface area is 235 Å². The van der Waals surface area contributed by atoms with Crippen molar-refractivity contribution in [2.24, 2.45) is 7.05 Å². The number of anilines is 1. The summed E-state index contributed by atoms with van der Waals surface area (Å²) in [5.41, 5.74) is 6.80. The van der Waals surface area contributed by atoms with E-state index in [9.17, 15) is 13.0 Å². The highest BCUT2D eigenvalue weighted by atomic mass is 32.2. The Morgan fingerprint density at radius 1 is 0.800 bits per heavy atom. The third kappa shape index (κ3) is 5.65. The lowest BCUT2D eigenvalue weighted by Crippen LogP contribution is -2.44. The maximum atomic E-state index is 10.5. The van der Waals surface area contributed by atoms with E-state index in [1.54, 1.807) is 0 Å². The molecule has 1 aliphatic heterocycles. The summed E-state index contributed by atoms with van der Waals surface area (Å²) in [5.74, 6) is -0.227. The Hall–Kier alpha value is -3.98. The molecule has 40 heavy (non-hydrogen) atoms. The van der Waals surface area contributed by atoms with Gasteiger partial charge in [0.15, 0.2) is 0 Å². The first-order valence-electron chi connectivity index (χ1n) is 13.2. The SMILES string of the molecule is CN1CCN(c2ccc(-c3c4ccccc4[n+](C)c4ccccc34)cc2)CC1.Cc1ccc(O)cc1S(=O)(=O)[O-]. The fourth-order valence-corrected chi connectivity index (χ4v) is 6.03. The number of para-hydroxylation sites is 2. The molecule has 4 aromatic carbocycles. The fourth-order valence-electron chi connectivity index (χ4n) is 5.30. The molecule has 0 unspecified atom stereocenters. The summed E-state index contributed by atoms with van der Waals surface area (Å²) >= 11 is 0. The molecule has 1 fully saturated rings. The summed E-state index contributed by atoms with van der Waals surface area (Å²) in [5, 5.41) is 11.5. The van der Waals surface area contributed by atoms with E-state index in [2.05, 4.69) is 101 Å². The number of rotatable bonds is 3. The number of benzene rings is 4. The number of aromatic hydroxyl groups is 1. The van der Waals surface area contributed by atoms with Crippen molar-refractivity contribution in [3.8, 4) is 16.9 Å². The van der Waals surface area contributed by atoms with Gasteiger partial charge in [-0.3, -0.25) is 0 Å². The van der Waals surface area contributed by atoms with Gasteiger partial charge in [-0.2, -0.15) is 4.57 Å². The summed E-state index contributed by atoms with van der Waals surface area (Å²) in [6.45, 7) is 5.95. The molecule has 8 heteroatoms. The first-order valence-corrected chi connectivity index (χ1v) is 14.6. The summed E-state index contributed by atoms with van der Waals surface area (Å²) in [6, 6.07) is 30.2. The number of phenolic OH excluding ortho intramolecular Hbond substituents is 1. The molecule has 1 aliphatic rings. The van der Waals surface area contributed by atoms with Crippen LogP contribution >= 0.6 is 0 Å². The second-order valence-electron chi connectivity index (χ2n) is 10.2. The Morgan fingerprint density at radius 2 is 1.35 bits per heavy atom. The summed E-state index contributed by atoms with van der Waals surface area (Å²) in [6.07, 6.45) is 0. The van der Waals surface area contributed by atoms with Crippen molar-refractivity contribution in [2.45, 2.75) is 11.8 Å². The second kappa shape index (κ2) is 11.3. The van der Waals surface area contributed by atoms with Crippen LogP contribution in [0.5, 0.6) is 5.75 Å². The lowest BCUT2D eigenvalue weighted by atomic mass is 9.95. The predicted octanol–water partition coefficient (Wildman–Crippen LogP) is 4.84. The Kier molecular flexibility index (Phi) is 7.76. The largest absolute Gasteiger partial charge is 0.744 e. The quantitative estimate of drug-likeness (QED) is 0.195. The van der Waals surface area contributed by atoms with Crippen molar-refractivity contribution >= 4 is 37.6 Å². The molecule has 7 nitrogen and oxygen atoms in total. The van der Waals surface area contributed by atoms with Gasteiger partial charge in [-0.15, -0.1) is 0 Å². The van der Waals surface area contributed by atoms with Gasteiger partial charge in [0, 0.05) is 49.6 Å².